The molecule has 3 aliphatic heterocycles. The number of aryl methyl sites for hydroxylation is 2. The molecule has 6 aromatic rings. The van der Waals surface area contributed by atoms with Crippen molar-refractivity contribution in [3.05, 3.63) is 101 Å². The van der Waals surface area contributed by atoms with E-state index in [2.05, 4.69) is 25.9 Å². The lowest BCUT2D eigenvalue weighted by Crippen LogP contribution is -2.44. The number of imidazole rings is 1. The van der Waals surface area contributed by atoms with Crippen LogP contribution in [0.2, 0.25) is 0 Å². The standard InChI is InChI=1S/C46H49N9O7/c1-47-43(58)29-7-4-8-30(23-29)48-45(60)41-33-24-28(12-15-34(33)52(3)50-41)32-14-13-31(54-20-6-11-40(54)57)25-38(32)62-26-27-18-21-53(22-19-27)35-9-5-10-36-42(35)51(2)46(61)55(36)37-16-17-39(56)49-44(37)59/h4-5,7-10,12-15,23-25,27,37,45,48,60H,6,11,16-22,26H2,1-3H3,(H,47,58)(H,49,56,59). The van der Waals surface area contributed by atoms with Crippen molar-refractivity contribution < 1.29 is 29.0 Å². The molecule has 0 radical (unpaired) electrons. The van der Waals surface area contributed by atoms with Gasteiger partial charge in [-0.05, 0) is 91.8 Å². The van der Waals surface area contributed by atoms with Gasteiger partial charge in [-0.2, -0.15) is 5.10 Å². The van der Waals surface area contributed by atoms with Crippen molar-refractivity contribution in [1.82, 2.24) is 29.5 Å². The number of nitrogens with zero attached hydrogens (tertiary/aromatic N) is 6. The minimum atomic E-state index is -1.18. The minimum absolute atomic E-state index is 0.0832. The van der Waals surface area contributed by atoms with E-state index in [-0.39, 0.29) is 42.2 Å². The van der Waals surface area contributed by atoms with Crippen LogP contribution in [0.3, 0.4) is 0 Å². The molecule has 0 aliphatic carbocycles. The van der Waals surface area contributed by atoms with Crippen LogP contribution in [0.1, 0.15) is 66.8 Å². The Balaban J connectivity index is 0.956. The number of ether oxygens (including phenoxy) is 1. The number of piperidine rings is 2. The molecule has 62 heavy (non-hydrogen) atoms. The van der Waals surface area contributed by atoms with Gasteiger partial charge in [0.05, 0.1) is 28.8 Å². The van der Waals surface area contributed by atoms with Crippen molar-refractivity contribution in [2.45, 2.75) is 50.8 Å². The number of carbonyl (C=O) groups excluding carboxylic acids is 4. The number of benzene rings is 4. The first-order valence-corrected chi connectivity index (χ1v) is 21.1. The molecular weight excluding hydrogens is 791 g/mol. The molecule has 3 fully saturated rings. The number of rotatable bonds is 11. The highest BCUT2D eigenvalue weighted by atomic mass is 16.5. The van der Waals surface area contributed by atoms with E-state index in [9.17, 15) is 29.1 Å². The Morgan fingerprint density at radius 1 is 0.919 bits per heavy atom. The summed E-state index contributed by atoms with van der Waals surface area (Å²) in [7, 11) is 5.11. The largest absolute Gasteiger partial charge is 0.493 e. The van der Waals surface area contributed by atoms with Gasteiger partial charge in [-0.3, -0.25) is 38.3 Å². The van der Waals surface area contributed by atoms with E-state index in [1.807, 2.05) is 61.6 Å². The number of carbonyl (C=O) groups is 4. The maximum Gasteiger partial charge on any atom is 0.329 e. The average molecular weight is 840 g/mol. The van der Waals surface area contributed by atoms with Crippen LogP contribution in [-0.4, -0.2) is 80.9 Å². The van der Waals surface area contributed by atoms with E-state index in [1.165, 1.54) is 4.57 Å². The summed E-state index contributed by atoms with van der Waals surface area (Å²) in [6, 6.07) is 23.8. The number of nitrogens with one attached hydrogen (secondary N) is 3. The highest BCUT2D eigenvalue weighted by molar-refractivity contribution is 6.01. The molecule has 16 nitrogen and oxygen atoms in total. The zero-order valence-electron chi connectivity index (χ0n) is 34.9. The van der Waals surface area contributed by atoms with Gasteiger partial charge in [-0.15, -0.1) is 0 Å². The Bertz CT molecular complexity index is 2820. The first-order valence-electron chi connectivity index (χ1n) is 21.1. The van der Waals surface area contributed by atoms with Gasteiger partial charge in [0.15, 0.2) is 6.23 Å². The highest BCUT2D eigenvalue weighted by Crippen LogP contribution is 2.39. The van der Waals surface area contributed by atoms with Gasteiger partial charge in [-0.1, -0.05) is 18.2 Å². The SMILES string of the molecule is CNC(=O)c1cccc(NC(O)c2nn(C)c3ccc(-c4ccc(N5CCCC5=O)cc4OCC4CCN(c5cccc6c5n(C)c(=O)n6C5CCC(=O)NC5=O)CC4)cc23)c1. The van der Waals surface area contributed by atoms with Gasteiger partial charge in [0, 0.05) is 87.6 Å². The number of imide groups is 1. The fraction of sp³-hybridized carbons (Fsp3) is 0.348. The molecule has 16 heteroatoms. The molecule has 2 unspecified atom stereocenters. The molecule has 0 saturated carbocycles. The highest BCUT2D eigenvalue weighted by Gasteiger charge is 2.33. The Kier molecular flexibility index (Phi) is 10.8. The van der Waals surface area contributed by atoms with E-state index in [1.54, 1.807) is 52.5 Å². The second-order valence-electron chi connectivity index (χ2n) is 16.3. The molecule has 2 aromatic heterocycles. The minimum Gasteiger partial charge on any atom is -0.493 e. The van der Waals surface area contributed by atoms with Gasteiger partial charge in [0.2, 0.25) is 17.7 Å². The fourth-order valence-electron chi connectivity index (χ4n) is 9.19. The topological polar surface area (TPSA) is 185 Å². The number of aromatic nitrogens is 4. The molecule has 3 aliphatic rings. The van der Waals surface area contributed by atoms with Gasteiger partial charge in [-0.25, -0.2) is 4.79 Å². The molecule has 4 amide bonds. The number of aliphatic hydroxyl groups excluding tert-OH is 1. The Morgan fingerprint density at radius 2 is 1.73 bits per heavy atom. The van der Waals surface area contributed by atoms with Crippen LogP contribution in [-0.2, 0) is 28.5 Å². The third kappa shape index (κ3) is 7.44. The number of para-hydroxylation sites is 1. The Hall–Kier alpha value is -6.94. The monoisotopic (exact) mass is 839 g/mol. The Morgan fingerprint density at radius 3 is 2.48 bits per heavy atom. The summed E-state index contributed by atoms with van der Waals surface area (Å²) in [6.07, 6.45) is 2.24. The van der Waals surface area contributed by atoms with E-state index >= 15 is 0 Å². The van der Waals surface area contributed by atoms with Crippen LogP contribution < -0.4 is 36.2 Å². The van der Waals surface area contributed by atoms with E-state index in [0.717, 1.165) is 71.3 Å². The molecule has 3 saturated heterocycles. The molecule has 5 heterocycles. The molecule has 320 valence electrons. The van der Waals surface area contributed by atoms with Crippen molar-refractivity contribution >= 4 is 62.6 Å². The van der Waals surface area contributed by atoms with Crippen molar-refractivity contribution in [3.8, 4) is 16.9 Å². The van der Waals surface area contributed by atoms with E-state index in [0.29, 0.717) is 47.8 Å². The smallest absolute Gasteiger partial charge is 0.329 e. The summed E-state index contributed by atoms with van der Waals surface area (Å²) in [6.45, 7) is 2.55. The fourth-order valence-corrected chi connectivity index (χ4v) is 9.19. The van der Waals surface area contributed by atoms with Gasteiger partial charge >= 0.3 is 5.69 Å². The lowest BCUT2D eigenvalue weighted by molar-refractivity contribution is -0.135. The molecule has 2 atom stereocenters. The predicted molar refractivity (Wildman–Crippen MR) is 235 cm³/mol. The second kappa shape index (κ2) is 16.5. The number of amides is 4. The summed E-state index contributed by atoms with van der Waals surface area (Å²) in [5, 5.41) is 25.0. The van der Waals surface area contributed by atoms with E-state index in [4.69, 9.17) is 4.74 Å². The van der Waals surface area contributed by atoms with Crippen LogP contribution in [0.25, 0.3) is 33.1 Å². The van der Waals surface area contributed by atoms with Gasteiger partial charge in [0.1, 0.15) is 17.5 Å². The van der Waals surface area contributed by atoms with E-state index < -0.39 is 18.2 Å². The van der Waals surface area contributed by atoms with Crippen LogP contribution >= 0.6 is 0 Å². The first-order chi connectivity index (χ1) is 30.0. The Labute approximate surface area is 357 Å². The molecule has 4 aromatic carbocycles. The lowest BCUT2D eigenvalue weighted by Gasteiger charge is -2.34. The van der Waals surface area contributed by atoms with Crippen LogP contribution in [0.5, 0.6) is 5.75 Å². The molecule has 0 bridgehead atoms. The number of hydrogen-bond acceptors (Lipinski definition) is 10. The summed E-state index contributed by atoms with van der Waals surface area (Å²) >= 11 is 0. The number of aliphatic hydroxyl groups is 1. The number of fused-ring (bicyclic) bond motifs is 2. The normalized spacial score (nSPS) is 17.8. The molecular formula is C46H49N9O7. The average Bonchev–Trinajstić information content (AvgIpc) is 3.94. The lowest BCUT2D eigenvalue weighted by atomic mass is 9.97. The molecule has 0 spiro atoms. The number of hydrogen-bond donors (Lipinski definition) is 4. The van der Waals surface area contributed by atoms with Crippen LogP contribution in [0, 0.1) is 5.92 Å². The summed E-state index contributed by atoms with van der Waals surface area (Å²) in [5.74, 6) is -0.0638. The summed E-state index contributed by atoms with van der Waals surface area (Å²) in [4.78, 5) is 67.4. The van der Waals surface area contributed by atoms with Crippen LogP contribution in [0.15, 0.2) is 83.7 Å². The second-order valence-corrected chi connectivity index (χ2v) is 16.3. The zero-order valence-corrected chi connectivity index (χ0v) is 34.9. The van der Waals surface area contributed by atoms with Crippen molar-refractivity contribution in [2.24, 2.45) is 20.0 Å². The van der Waals surface area contributed by atoms with Crippen LogP contribution in [0.4, 0.5) is 17.1 Å². The summed E-state index contributed by atoms with van der Waals surface area (Å²) in [5.41, 5.74) is 6.77. The predicted octanol–water partition coefficient (Wildman–Crippen LogP) is 4.76. The van der Waals surface area contributed by atoms with Crippen molar-refractivity contribution in [1.29, 1.82) is 0 Å². The quantitative estimate of drug-likeness (QED) is 0.105. The third-order valence-corrected chi connectivity index (χ3v) is 12.5. The molecule has 4 N–H and O–H groups in total. The van der Waals surface area contributed by atoms with Gasteiger partial charge < -0.3 is 30.3 Å². The first kappa shape index (κ1) is 40.5. The number of anilines is 3. The maximum atomic E-state index is 13.6. The van der Waals surface area contributed by atoms with Crippen molar-refractivity contribution in [2.75, 3.05) is 48.4 Å². The van der Waals surface area contributed by atoms with Gasteiger partial charge in [0.25, 0.3) is 5.91 Å². The molecule has 9 rings (SSSR count). The maximum absolute atomic E-state index is 13.6. The summed E-state index contributed by atoms with van der Waals surface area (Å²) < 4.78 is 11.6. The van der Waals surface area contributed by atoms with Crippen molar-refractivity contribution in [3.63, 3.8) is 0 Å². The zero-order chi connectivity index (χ0) is 43.2. The third-order valence-electron chi connectivity index (χ3n) is 12.5.